The van der Waals surface area contributed by atoms with Crippen LogP contribution in [0.25, 0.3) is 55.7 Å². The number of hydrogen-bond acceptors (Lipinski definition) is 5. The van der Waals surface area contributed by atoms with Gasteiger partial charge in [0.15, 0.2) is 0 Å². The Morgan fingerprint density at radius 1 is 0.800 bits per heavy atom. The van der Waals surface area contributed by atoms with Gasteiger partial charge in [-0.3, -0.25) is 19.9 Å². The van der Waals surface area contributed by atoms with Crippen molar-refractivity contribution in [3.05, 3.63) is 115 Å². The Hall–Kier alpha value is -5.63. The summed E-state index contributed by atoms with van der Waals surface area (Å²) in [5, 5.41) is 11.7. The second kappa shape index (κ2) is 9.92. The van der Waals surface area contributed by atoms with Crippen molar-refractivity contribution in [2.75, 3.05) is 5.32 Å². The Morgan fingerprint density at radius 2 is 1.70 bits per heavy atom. The molecule has 192 valence electrons. The molecule has 7 rings (SSSR count). The monoisotopic (exact) mass is 521 g/mol. The van der Waals surface area contributed by atoms with Crippen molar-refractivity contribution < 1.29 is 4.79 Å². The van der Waals surface area contributed by atoms with E-state index >= 15 is 0 Å². The maximum absolute atomic E-state index is 12.6. The van der Waals surface area contributed by atoms with Gasteiger partial charge in [-0.15, -0.1) is 0 Å². The molecule has 0 aliphatic rings. The number of amides is 1. The van der Waals surface area contributed by atoms with Crippen LogP contribution in [-0.4, -0.2) is 36.0 Å². The summed E-state index contributed by atoms with van der Waals surface area (Å²) < 4.78 is 0. The normalized spacial score (nSPS) is 11.2. The maximum Gasteiger partial charge on any atom is 0.228 e. The number of carbonyl (C=O) groups excluding carboxylic acids is 1. The molecule has 0 bridgehead atoms. The zero-order valence-corrected chi connectivity index (χ0v) is 21.3. The minimum absolute atomic E-state index is 0.102. The van der Waals surface area contributed by atoms with E-state index in [4.69, 9.17) is 4.98 Å². The van der Waals surface area contributed by atoms with Crippen molar-refractivity contribution >= 4 is 33.5 Å². The van der Waals surface area contributed by atoms with Crippen LogP contribution in [0.4, 0.5) is 5.69 Å². The summed E-state index contributed by atoms with van der Waals surface area (Å²) >= 11 is 0. The molecule has 0 aliphatic heterocycles. The lowest BCUT2D eigenvalue weighted by atomic mass is 10.0. The standard InChI is InChI=1S/C32H23N7O/c40-30(14-20-6-2-1-3-7-20)35-23-15-22(18-34-19-23)26-11-12-28-31(37-26)32(39-38-28)29-16-25-24(9-4-10-27(25)36-29)21-8-5-13-33-17-21/h1-13,15-19,36H,14H2,(H,35,40)(H,38,39). The largest absolute Gasteiger partial charge is 0.353 e. The average Bonchev–Trinajstić information content (AvgIpc) is 3.62. The molecular formula is C32H23N7O. The Kier molecular flexibility index (Phi) is 5.82. The molecule has 8 heteroatoms. The minimum atomic E-state index is -0.102. The number of fused-ring (bicyclic) bond motifs is 2. The molecule has 7 aromatic rings. The average molecular weight is 522 g/mol. The summed E-state index contributed by atoms with van der Waals surface area (Å²) in [4.78, 5) is 29.7. The first kappa shape index (κ1) is 23.5. The lowest BCUT2D eigenvalue weighted by molar-refractivity contribution is -0.115. The van der Waals surface area contributed by atoms with Gasteiger partial charge in [-0.25, -0.2) is 4.98 Å². The van der Waals surface area contributed by atoms with Crippen molar-refractivity contribution in [3.63, 3.8) is 0 Å². The summed E-state index contributed by atoms with van der Waals surface area (Å²) in [6.45, 7) is 0. The number of carbonyl (C=O) groups is 1. The highest BCUT2D eigenvalue weighted by atomic mass is 16.1. The second-order valence-electron chi connectivity index (χ2n) is 9.53. The van der Waals surface area contributed by atoms with Gasteiger partial charge in [-0.05, 0) is 47.5 Å². The lowest BCUT2D eigenvalue weighted by Crippen LogP contribution is -2.14. The van der Waals surface area contributed by atoms with Crippen LogP contribution in [-0.2, 0) is 11.2 Å². The van der Waals surface area contributed by atoms with Gasteiger partial charge < -0.3 is 10.3 Å². The van der Waals surface area contributed by atoms with Crippen LogP contribution in [0.2, 0.25) is 0 Å². The smallest absolute Gasteiger partial charge is 0.228 e. The zero-order valence-electron chi connectivity index (χ0n) is 21.3. The van der Waals surface area contributed by atoms with E-state index in [9.17, 15) is 4.79 Å². The highest BCUT2D eigenvalue weighted by Crippen LogP contribution is 2.34. The molecule has 0 fully saturated rings. The summed E-state index contributed by atoms with van der Waals surface area (Å²) in [5.74, 6) is -0.102. The van der Waals surface area contributed by atoms with E-state index < -0.39 is 0 Å². The number of nitrogens with zero attached hydrogens (tertiary/aromatic N) is 4. The quantitative estimate of drug-likeness (QED) is 0.234. The van der Waals surface area contributed by atoms with Crippen molar-refractivity contribution in [1.82, 2.24) is 30.1 Å². The van der Waals surface area contributed by atoms with E-state index in [1.54, 1.807) is 18.6 Å². The van der Waals surface area contributed by atoms with Gasteiger partial charge in [0.1, 0.15) is 11.2 Å². The highest BCUT2D eigenvalue weighted by Gasteiger charge is 2.16. The van der Waals surface area contributed by atoms with E-state index in [2.05, 4.69) is 54.7 Å². The first-order valence-electron chi connectivity index (χ1n) is 12.9. The summed E-state index contributed by atoms with van der Waals surface area (Å²) in [5.41, 5.74) is 9.40. The number of nitrogens with one attached hydrogen (secondary N) is 3. The number of aromatic amines is 2. The van der Waals surface area contributed by atoms with Crippen molar-refractivity contribution in [3.8, 4) is 33.8 Å². The van der Waals surface area contributed by atoms with Gasteiger partial charge in [-0.1, -0.05) is 48.5 Å². The second-order valence-corrected chi connectivity index (χ2v) is 9.53. The first-order valence-corrected chi connectivity index (χ1v) is 12.9. The number of anilines is 1. The minimum Gasteiger partial charge on any atom is -0.353 e. The molecule has 5 heterocycles. The molecule has 0 unspecified atom stereocenters. The first-order chi connectivity index (χ1) is 19.7. The summed E-state index contributed by atoms with van der Waals surface area (Å²) in [7, 11) is 0. The summed E-state index contributed by atoms with van der Waals surface area (Å²) in [6, 6.07) is 27.7. The molecule has 0 radical (unpaired) electrons. The number of aromatic nitrogens is 6. The molecule has 0 spiro atoms. The van der Waals surface area contributed by atoms with Crippen molar-refractivity contribution in [2.45, 2.75) is 6.42 Å². The SMILES string of the molecule is O=C(Cc1ccccc1)Nc1cncc(-c2ccc3[nH]nc(-c4cc5c(-c6cccnc6)cccc5[nH]4)c3n2)c1. The van der Waals surface area contributed by atoms with Gasteiger partial charge in [0.05, 0.1) is 35.2 Å². The molecule has 3 N–H and O–H groups in total. The number of H-pyrrole nitrogens is 2. The van der Waals surface area contributed by atoms with E-state index in [1.807, 2.05) is 66.9 Å². The summed E-state index contributed by atoms with van der Waals surface area (Å²) in [6.07, 6.45) is 7.31. The fourth-order valence-corrected chi connectivity index (χ4v) is 4.94. The Bertz CT molecular complexity index is 1980. The third-order valence-electron chi connectivity index (χ3n) is 6.82. The van der Waals surface area contributed by atoms with Crippen LogP contribution in [0.15, 0.2) is 110 Å². The molecule has 2 aromatic carbocycles. The van der Waals surface area contributed by atoms with Crippen LogP contribution in [0.1, 0.15) is 5.56 Å². The molecule has 0 saturated carbocycles. The Morgan fingerprint density at radius 3 is 2.58 bits per heavy atom. The van der Waals surface area contributed by atoms with Crippen LogP contribution < -0.4 is 5.32 Å². The fraction of sp³-hybridized carbons (Fsp3) is 0.0312. The molecule has 8 nitrogen and oxygen atoms in total. The van der Waals surface area contributed by atoms with Gasteiger partial charge in [0.25, 0.3) is 0 Å². The predicted octanol–water partition coefficient (Wildman–Crippen LogP) is 6.41. The molecule has 40 heavy (non-hydrogen) atoms. The van der Waals surface area contributed by atoms with Gasteiger partial charge in [-0.2, -0.15) is 5.10 Å². The topological polar surface area (TPSA) is 112 Å². The molecular weight excluding hydrogens is 498 g/mol. The number of rotatable bonds is 6. The van der Waals surface area contributed by atoms with Crippen LogP contribution >= 0.6 is 0 Å². The van der Waals surface area contributed by atoms with Crippen molar-refractivity contribution in [2.24, 2.45) is 0 Å². The zero-order chi connectivity index (χ0) is 26.9. The fourth-order valence-electron chi connectivity index (χ4n) is 4.94. The van der Waals surface area contributed by atoms with Crippen LogP contribution in [0, 0.1) is 0 Å². The molecule has 5 aromatic heterocycles. The Labute approximate surface area is 229 Å². The maximum atomic E-state index is 12.6. The predicted molar refractivity (Wildman–Crippen MR) is 156 cm³/mol. The van der Waals surface area contributed by atoms with Gasteiger partial charge >= 0.3 is 0 Å². The number of hydrogen-bond donors (Lipinski definition) is 3. The number of pyridine rings is 3. The molecule has 0 saturated heterocycles. The third kappa shape index (κ3) is 4.48. The Balaban J connectivity index is 1.21. The van der Waals surface area contributed by atoms with E-state index in [-0.39, 0.29) is 5.91 Å². The number of benzene rings is 2. The molecule has 0 aliphatic carbocycles. The third-order valence-corrected chi connectivity index (χ3v) is 6.82. The molecule has 1 amide bonds. The lowest BCUT2D eigenvalue weighted by Gasteiger charge is -2.07. The van der Waals surface area contributed by atoms with Crippen LogP contribution in [0.5, 0.6) is 0 Å². The highest BCUT2D eigenvalue weighted by molar-refractivity contribution is 6.00. The molecule has 0 atom stereocenters. The van der Waals surface area contributed by atoms with Gasteiger partial charge in [0.2, 0.25) is 5.91 Å². The van der Waals surface area contributed by atoms with Crippen molar-refractivity contribution in [1.29, 1.82) is 0 Å². The van der Waals surface area contributed by atoms with E-state index in [1.165, 1.54) is 0 Å². The van der Waals surface area contributed by atoms with E-state index in [0.717, 1.165) is 61.3 Å². The van der Waals surface area contributed by atoms with Crippen LogP contribution in [0.3, 0.4) is 0 Å². The van der Waals surface area contributed by atoms with Gasteiger partial charge in [0, 0.05) is 40.6 Å². The van der Waals surface area contributed by atoms with E-state index in [0.29, 0.717) is 12.1 Å².